The van der Waals surface area contributed by atoms with Crippen LogP contribution in [0.25, 0.3) is 5.69 Å². The second-order valence-electron chi connectivity index (χ2n) is 9.57. The van der Waals surface area contributed by atoms with Crippen molar-refractivity contribution in [3.8, 4) is 11.4 Å². The Balaban J connectivity index is 0.00000267. The van der Waals surface area contributed by atoms with Crippen molar-refractivity contribution in [3.63, 3.8) is 0 Å². The van der Waals surface area contributed by atoms with E-state index in [0.29, 0.717) is 12.2 Å². The second-order valence-corrected chi connectivity index (χ2v) is 9.97. The van der Waals surface area contributed by atoms with E-state index in [2.05, 4.69) is 39.6 Å². The fraction of sp³-hybridized carbons (Fsp3) is 0.448. The van der Waals surface area contributed by atoms with Crippen molar-refractivity contribution in [2.24, 2.45) is 0 Å². The SMILES string of the molecule is CCCc1nc(C(=O)NCCCN2CCN(c3cccc(Cl)c3C)CC2)c(C)n1-c1ccc(OC)cc1.Cl.Cl. The Hall–Kier alpha value is -2.45. The predicted octanol–water partition coefficient (Wildman–Crippen LogP) is 5.89. The van der Waals surface area contributed by atoms with Gasteiger partial charge in [0.25, 0.3) is 5.91 Å². The average molecular weight is 597 g/mol. The molecule has 1 amide bonds. The molecular formula is C29H40Cl3N5O2. The van der Waals surface area contributed by atoms with Gasteiger partial charge >= 0.3 is 0 Å². The first-order valence-electron chi connectivity index (χ1n) is 13.2. The van der Waals surface area contributed by atoms with Crippen LogP contribution in [0.5, 0.6) is 5.75 Å². The Morgan fingerprint density at radius 3 is 2.38 bits per heavy atom. The fourth-order valence-electron chi connectivity index (χ4n) is 4.98. The van der Waals surface area contributed by atoms with Crippen LogP contribution in [0.4, 0.5) is 5.69 Å². The standard InChI is InChI=1S/C29H38ClN5O2.2ClH/c1-5-8-27-32-28(22(3)35(27)23-11-13-24(37-4)14-12-23)29(36)31-15-7-16-33-17-19-34(20-18-33)26-10-6-9-25(30)21(26)2;;/h6,9-14H,5,7-8,15-20H2,1-4H3,(H,31,36);2*1H. The van der Waals surface area contributed by atoms with Gasteiger partial charge in [0, 0.05) is 55.5 Å². The highest BCUT2D eigenvalue weighted by molar-refractivity contribution is 6.31. The molecule has 1 aliphatic rings. The van der Waals surface area contributed by atoms with Gasteiger partial charge in [0.05, 0.1) is 12.8 Å². The number of imidazole rings is 1. The van der Waals surface area contributed by atoms with Crippen LogP contribution in [0.1, 0.15) is 47.3 Å². The van der Waals surface area contributed by atoms with Crippen molar-refractivity contribution in [3.05, 3.63) is 70.3 Å². The molecule has 1 saturated heterocycles. The van der Waals surface area contributed by atoms with Gasteiger partial charge in [-0.05, 0) is 75.2 Å². The molecule has 39 heavy (non-hydrogen) atoms. The fourth-order valence-corrected chi connectivity index (χ4v) is 5.15. The lowest BCUT2D eigenvalue weighted by atomic mass is 10.1. The zero-order valence-electron chi connectivity index (χ0n) is 23.2. The summed E-state index contributed by atoms with van der Waals surface area (Å²) in [5.74, 6) is 1.60. The van der Waals surface area contributed by atoms with Crippen LogP contribution >= 0.6 is 36.4 Å². The number of methoxy groups -OCH3 is 1. The number of rotatable bonds is 10. The highest BCUT2D eigenvalue weighted by atomic mass is 35.5. The number of piperazine rings is 1. The van der Waals surface area contributed by atoms with Crippen LogP contribution in [0, 0.1) is 13.8 Å². The van der Waals surface area contributed by atoms with Gasteiger partial charge in [0.15, 0.2) is 0 Å². The van der Waals surface area contributed by atoms with E-state index in [9.17, 15) is 4.79 Å². The molecule has 7 nitrogen and oxygen atoms in total. The third-order valence-electron chi connectivity index (χ3n) is 7.09. The van der Waals surface area contributed by atoms with Crippen molar-refractivity contribution in [1.29, 1.82) is 0 Å². The smallest absolute Gasteiger partial charge is 0.271 e. The molecule has 1 fully saturated rings. The van der Waals surface area contributed by atoms with Gasteiger partial charge in [0.1, 0.15) is 17.3 Å². The van der Waals surface area contributed by atoms with E-state index in [1.807, 2.05) is 43.3 Å². The van der Waals surface area contributed by atoms with Gasteiger partial charge in [-0.25, -0.2) is 4.98 Å². The topological polar surface area (TPSA) is 62.6 Å². The van der Waals surface area contributed by atoms with Crippen molar-refractivity contribution >= 4 is 48.0 Å². The average Bonchev–Trinajstić information content (AvgIpc) is 3.24. The first-order chi connectivity index (χ1) is 17.9. The number of carbonyl (C=O) groups excluding carboxylic acids is 1. The van der Waals surface area contributed by atoms with Gasteiger partial charge in [-0.15, -0.1) is 24.8 Å². The minimum absolute atomic E-state index is 0. The van der Waals surface area contributed by atoms with Crippen molar-refractivity contribution in [2.45, 2.75) is 40.0 Å². The third kappa shape index (κ3) is 7.82. The van der Waals surface area contributed by atoms with Crippen molar-refractivity contribution in [2.75, 3.05) is 51.3 Å². The Morgan fingerprint density at radius 2 is 1.74 bits per heavy atom. The molecule has 3 aromatic rings. The summed E-state index contributed by atoms with van der Waals surface area (Å²) in [5.41, 5.74) is 4.72. The molecule has 10 heteroatoms. The summed E-state index contributed by atoms with van der Waals surface area (Å²) in [4.78, 5) is 22.6. The molecule has 1 aromatic heterocycles. The molecule has 0 radical (unpaired) electrons. The van der Waals surface area contributed by atoms with Gasteiger partial charge in [0.2, 0.25) is 0 Å². The number of aromatic nitrogens is 2. The van der Waals surface area contributed by atoms with Gasteiger partial charge in [-0.1, -0.05) is 24.6 Å². The maximum Gasteiger partial charge on any atom is 0.271 e. The summed E-state index contributed by atoms with van der Waals surface area (Å²) >= 11 is 6.31. The minimum Gasteiger partial charge on any atom is -0.497 e. The molecule has 0 saturated carbocycles. The summed E-state index contributed by atoms with van der Waals surface area (Å²) in [7, 11) is 1.66. The van der Waals surface area contributed by atoms with E-state index in [-0.39, 0.29) is 30.7 Å². The predicted molar refractivity (Wildman–Crippen MR) is 165 cm³/mol. The molecule has 0 atom stereocenters. The minimum atomic E-state index is -0.108. The van der Waals surface area contributed by atoms with Crippen molar-refractivity contribution < 1.29 is 9.53 Å². The van der Waals surface area contributed by atoms with Crippen LogP contribution in [0.15, 0.2) is 42.5 Å². The second kappa shape index (κ2) is 15.4. The van der Waals surface area contributed by atoms with E-state index in [4.69, 9.17) is 21.3 Å². The Kier molecular flexibility index (Phi) is 12.9. The molecule has 1 aliphatic heterocycles. The molecule has 4 rings (SSSR count). The lowest BCUT2D eigenvalue weighted by molar-refractivity contribution is 0.0946. The van der Waals surface area contributed by atoms with E-state index < -0.39 is 0 Å². The number of aryl methyl sites for hydroxylation is 1. The normalized spacial score (nSPS) is 13.4. The number of nitrogens with one attached hydrogen (secondary N) is 1. The molecule has 214 valence electrons. The Morgan fingerprint density at radius 1 is 1.05 bits per heavy atom. The molecule has 0 unspecified atom stereocenters. The Bertz CT molecular complexity index is 1210. The number of halogens is 3. The maximum absolute atomic E-state index is 13.0. The van der Waals surface area contributed by atoms with E-state index >= 15 is 0 Å². The highest BCUT2D eigenvalue weighted by Crippen LogP contribution is 2.27. The number of carbonyl (C=O) groups is 1. The summed E-state index contributed by atoms with van der Waals surface area (Å²) in [5, 5.41) is 3.91. The molecule has 0 bridgehead atoms. The highest BCUT2D eigenvalue weighted by Gasteiger charge is 2.21. The largest absolute Gasteiger partial charge is 0.497 e. The summed E-state index contributed by atoms with van der Waals surface area (Å²) < 4.78 is 7.37. The number of hydrogen-bond donors (Lipinski definition) is 1. The number of ether oxygens (including phenoxy) is 1. The molecule has 0 aliphatic carbocycles. The number of anilines is 1. The van der Waals surface area contributed by atoms with Gasteiger partial charge in [-0.2, -0.15) is 0 Å². The molecule has 2 heterocycles. The summed E-state index contributed by atoms with van der Waals surface area (Å²) in [6, 6.07) is 14.0. The maximum atomic E-state index is 13.0. The first-order valence-corrected chi connectivity index (χ1v) is 13.5. The van der Waals surface area contributed by atoms with E-state index in [1.54, 1.807) is 7.11 Å². The van der Waals surface area contributed by atoms with Crippen LogP contribution in [-0.2, 0) is 6.42 Å². The quantitative estimate of drug-likeness (QED) is 0.296. The lowest BCUT2D eigenvalue weighted by Crippen LogP contribution is -2.47. The van der Waals surface area contributed by atoms with Crippen molar-refractivity contribution in [1.82, 2.24) is 19.8 Å². The first kappa shape index (κ1) is 32.8. The van der Waals surface area contributed by atoms with Crippen LogP contribution in [-0.4, -0.2) is 66.7 Å². The lowest BCUT2D eigenvalue weighted by Gasteiger charge is -2.37. The number of benzene rings is 2. The molecule has 0 spiro atoms. The third-order valence-corrected chi connectivity index (χ3v) is 7.49. The van der Waals surface area contributed by atoms with Gasteiger partial charge in [-0.3, -0.25) is 9.69 Å². The number of amides is 1. The van der Waals surface area contributed by atoms with Crippen LogP contribution < -0.4 is 15.0 Å². The zero-order valence-corrected chi connectivity index (χ0v) is 25.6. The Labute approximate surface area is 249 Å². The van der Waals surface area contributed by atoms with Crippen LogP contribution in [0.2, 0.25) is 5.02 Å². The summed E-state index contributed by atoms with van der Waals surface area (Å²) in [6.45, 7) is 11.7. The zero-order chi connectivity index (χ0) is 26.4. The molecule has 1 N–H and O–H groups in total. The van der Waals surface area contributed by atoms with E-state index in [1.165, 1.54) is 5.69 Å². The monoisotopic (exact) mass is 595 g/mol. The number of hydrogen-bond acceptors (Lipinski definition) is 5. The van der Waals surface area contributed by atoms with Crippen LogP contribution in [0.3, 0.4) is 0 Å². The number of nitrogens with zero attached hydrogens (tertiary/aromatic N) is 4. The molecule has 2 aromatic carbocycles. The molecular weight excluding hydrogens is 557 g/mol. The van der Waals surface area contributed by atoms with Gasteiger partial charge < -0.3 is 19.5 Å². The van der Waals surface area contributed by atoms with E-state index in [0.717, 1.165) is 85.5 Å². The summed E-state index contributed by atoms with van der Waals surface area (Å²) in [6.07, 6.45) is 2.67.